The summed E-state index contributed by atoms with van der Waals surface area (Å²) in [6.45, 7) is 3.85. The smallest absolute Gasteiger partial charge is 0.250 e. The van der Waals surface area contributed by atoms with Gasteiger partial charge in [-0.05, 0) is 13.8 Å². The zero-order valence-electron chi connectivity index (χ0n) is 9.34. The van der Waals surface area contributed by atoms with Crippen molar-refractivity contribution < 1.29 is 10.2 Å². The second-order valence-electron chi connectivity index (χ2n) is 3.47. The molecule has 0 aliphatic rings. The maximum absolute atomic E-state index is 8.42. The van der Waals surface area contributed by atoms with Crippen molar-refractivity contribution in [2.45, 2.75) is 13.8 Å². The minimum Gasteiger partial charge on any atom is -0.502 e. The Morgan fingerprint density at radius 1 is 1.29 bits per heavy atom. The van der Waals surface area contributed by atoms with E-state index in [0.717, 1.165) is 23.4 Å². The van der Waals surface area contributed by atoms with Gasteiger partial charge >= 0.3 is 0 Å². The lowest BCUT2D eigenvalue weighted by molar-refractivity contribution is 0.394. The molecule has 0 aliphatic carbocycles. The molecule has 0 fully saturated rings. The number of H-pyrrole nitrogens is 2. The number of aromatic amines is 2. The molecule has 17 heavy (non-hydrogen) atoms. The van der Waals surface area contributed by atoms with Crippen LogP contribution in [0.3, 0.4) is 0 Å². The van der Waals surface area contributed by atoms with Gasteiger partial charge in [0.2, 0.25) is 5.88 Å². The third-order valence-electron chi connectivity index (χ3n) is 1.96. The van der Waals surface area contributed by atoms with Gasteiger partial charge in [-0.25, -0.2) is 10.1 Å². The van der Waals surface area contributed by atoms with E-state index in [4.69, 9.17) is 10.2 Å². The van der Waals surface area contributed by atoms with Crippen molar-refractivity contribution in [3.8, 4) is 11.6 Å². The Kier molecular flexibility index (Phi) is 2.69. The van der Waals surface area contributed by atoms with Gasteiger partial charge in [-0.3, -0.25) is 5.10 Å². The van der Waals surface area contributed by atoms with Crippen molar-refractivity contribution in [2.24, 2.45) is 0 Å². The number of hydrogen-bond donors (Lipinski definition) is 4. The number of aromatic hydroxyl groups is 2. The van der Waals surface area contributed by atoms with Crippen molar-refractivity contribution in [2.75, 3.05) is 0 Å². The lowest BCUT2D eigenvalue weighted by Crippen LogP contribution is -1.86. The van der Waals surface area contributed by atoms with Gasteiger partial charge in [-0.15, -0.1) is 0 Å². The third kappa shape index (κ3) is 2.36. The van der Waals surface area contributed by atoms with Crippen molar-refractivity contribution in [3.05, 3.63) is 23.8 Å². The molecular formula is C9H12N6O2. The molecule has 0 bridgehead atoms. The van der Waals surface area contributed by atoms with Crippen LogP contribution in [-0.2, 0) is 0 Å². The van der Waals surface area contributed by atoms with Crippen LogP contribution in [0.25, 0.3) is 5.65 Å². The van der Waals surface area contributed by atoms with E-state index in [1.807, 2.05) is 19.9 Å². The Morgan fingerprint density at radius 3 is 2.53 bits per heavy atom. The van der Waals surface area contributed by atoms with Crippen molar-refractivity contribution in [1.29, 1.82) is 0 Å². The predicted octanol–water partition coefficient (Wildman–Crippen LogP) is 0.495. The number of fused-ring (bicyclic) bond motifs is 1. The maximum atomic E-state index is 8.42. The highest BCUT2D eigenvalue weighted by Gasteiger charge is 1.99. The molecule has 0 amide bonds. The zero-order chi connectivity index (χ0) is 12.4. The fourth-order valence-electron chi connectivity index (χ4n) is 1.27. The van der Waals surface area contributed by atoms with Gasteiger partial charge in [0, 0.05) is 6.07 Å². The normalized spacial score (nSPS) is 10.2. The van der Waals surface area contributed by atoms with E-state index in [1.165, 1.54) is 0 Å². The van der Waals surface area contributed by atoms with Gasteiger partial charge in [0.05, 0.1) is 11.9 Å². The van der Waals surface area contributed by atoms with E-state index in [9.17, 15) is 0 Å². The summed E-state index contributed by atoms with van der Waals surface area (Å²) in [7, 11) is 0. The molecule has 0 aliphatic heterocycles. The molecule has 4 N–H and O–H groups in total. The fourth-order valence-corrected chi connectivity index (χ4v) is 1.27. The van der Waals surface area contributed by atoms with E-state index in [0.29, 0.717) is 0 Å². The lowest BCUT2D eigenvalue weighted by Gasteiger charge is -1.78. The SMILES string of the molecule is Cc1cc2nc(C)[nH]n2n1.Oc1cn[nH]c1O. The van der Waals surface area contributed by atoms with Gasteiger partial charge < -0.3 is 10.2 Å². The second kappa shape index (κ2) is 4.16. The Balaban J connectivity index is 0.000000136. The first-order valence-corrected chi connectivity index (χ1v) is 4.86. The lowest BCUT2D eigenvalue weighted by atomic mass is 10.5. The summed E-state index contributed by atoms with van der Waals surface area (Å²) in [5.41, 5.74) is 1.87. The summed E-state index contributed by atoms with van der Waals surface area (Å²) in [5.74, 6) is 0.377. The van der Waals surface area contributed by atoms with Crippen LogP contribution in [0.1, 0.15) is 11.5 Å². The molecule has 0 aromatic carbocycles. The van der Waals surface area contributed by atoms with Crippen LogP contribution in [-0.4, -0.2) is 40.2 Å². The first kappa shape index (κ1) is 11.0. The minimum absolute atomic E-state index is 0.222. The Labute approximate surface area is 95.9 Å². The van der Waals surface area contributed by atoms with E-state index < -0.39 is 0 Å². The number of nitrogens with one attached hydrogen (secondary N) is 2. The average molecular weight is 236 g/mol. The molecule has 0 saturated heterocycles. The molecule has 3 heterocycles. The van der Waals surface area contributed by atoms with Gasteiger partial charge in [-0.2, -0.15) is 14.8 Å². The van der Waals surface area contributed by atoms with Gasteiger partial charge in [0.15, 0.2) is 11.4 Å². The van der Waals surface area contributed by atoms with Gasteiger partial charge in [-0.1, -0.05) is 0 Å². The number of rotatable bonds is 0. The van der Waals surface area contributed by atoms with Gasteiger partial charge in [0.25, 0.3) is 0 Å². The average Bonchev–Trinajstić information content (AvgIpc) is 2.84. The maximum Gasteiger partial charge on any atom is 0.250 e. The van der Waals surface area contributed by atoms with Crippen LogP contribution in [0.5, 0.6) is 11.6 Å². The number of aromatic nitrogens is 6. The van der Waals surface area contributed by atoms with Crippen LogP contribution < -0.4 is 0 Å². The first-order chi connectivity index (χ1) is 8.06. The highest BCUT2D eigenvalue weighted by molar-refractivity contribution is 5.37. The van der Waals surface area contributed by atoms with Gasteiger partial charge in [0.1, 0.15) is 5.82 Å². The molecular weight excluding hydrogens is 224 g/mol. The molecule has 3 aromatic heterocycles. The molecule has 0 atom stereocenters. The van der Waals surface area contributed by atoms with Crippen molar-refractivity contribution in [1.82, 2.24) is 30.0 Å². The number of aryl methyl sites for hydroxylation is 2. The zero-order valence-corrected chi connectivity index (χ0v) is 9.34. The summed E-state index contributed by atoms with van der Waals surface area (Å²) >= 11 is 0. The molecule has 0 unspecified atom stereocenters. The highest BCUT2D eigenvalue weighted by Crippen LogP contribution is 2.17. The van der Waals surface area contributed by atoms with Crippen LogP contribution in [0.2, 0.25) is 0 Å². The summed E-state index contributed by atoms with van der Waals surface area (Å²) in [5, 5.41) is 29.3. The van der Waals surface area contributed by atoms with Crippen LogP contribution >= 0.6 is 0 Å². The van der Waals surface area contributed by atoms with E-state index in [-0.39, 0.29) is 11.6 Å². The molecule has 8 nitrogen and oxygen atoms in total. The molecule has 0 saturated carbocycles. The van der Waals surface area contributed by atoms with E-state index >= 15 is 0 Å². The molecule has 3 aromatic rings. The molecule has 8 heteroatoms. The monoisotopic (exact) mass is 236 g/mol. The summed E-state index contributed by atoms with van der Waals surface area (Å²) in [6, 6.07) is 1.93. The van der Waals surface area contributed by atoms with Crippen molar-refractivity contribution >= 4 is 5.65 Å². The fraction of sp³-hybridized carbons (Fsp3) is 0.222. The number of hydrogen-bond acceptors (Lipinski definition) is 5. The quantitative estimate of drug-likeness (QED) is 0.453. The Hall–Kier alpha value is -2.51. The summed E-state index contributed by atoms with van der Waals surface area (Å²) in [6.07, 6.45) is 1.12. The van der Waals surface area contributed by atoms with E-state index in [1.54, 1.807) is 4.63 Å². The summed E-state index contributed by atoms with van der Waals surface area (Å²) < 4.78 is 1.67. The standard InChI is InChI=1S/C6H8N4.C3H4N2O2/c1-4-3-6-7-5(2)9-10(6)8-4;6-2-1-4-5-3(2)7/h3H,1-2H3,(H,7,9);1,6H,(H2,4,5,7). The third-order valence-corrected chi connectivity index (χ3v) is 1.96. The summed E-state index contributed by atoms with van der Waals surface area (Å²) in [4.78, 5) is 4.18. The predicted molar refractivity (Wildman–Crippen MR) is 58.7 cm³/mol. The van der Waals surface area contributed by atoms with E-state index in [2.05, 4.69) is 25.4 Å². The molecule has 0 radical (unpaired) electrons. The number of nitrogens with zero attached hydrogens (tertiary/aromatic N) is 4. The second-order valence-corrected chi connectivity index (χ2v) is 3.47. The largest absolute Gasteiger partial charge is 0.502 e. The van der Waals surface area contributed by atoms with Crippen LogP contribution in [0.15, 0.2) is 12.3 Å². The first-order valence-electron chi connectivity index (χ1n) is 4.86. The Bertz CT molecular complexity index is 543. The Morgan fingerprint density at radius 2 is 2.06 bits per heavy atom. The molecule has 90 valence electrons. The topological polar surface area (TPSA) is 115 Å². The highest BCUT2D eigenvalue weighted by atomic mass is 16.3. The van der Waals surface area contributed by atoms with Crippen LogP contribution in [0, 0.1) is 13.8 Å². The minimum atomic E-state index is -0.292. The van der Waals surface area contributed by atoms with Crippen molar-refractivity contribution in [3.63, 3.8) is 0 Å². The molecule has 0 spiro atoms. The molecule has 3 rings (SSSR count). The van der Waals surface area contributed by atoms with Crippen LogP contribution in [0.4, 0.5) is 0 Å².